The molecule has 0 radical (unpaired) electrons. The predicted octanol–water partition coefficient (Wildman–Crippen LogP) is 4.12. The molecular formula is C16H9F2NO2. The number of hydrogen-bond donors (Lipinski definition) is 0. The lowest BCUT2D eigenvalue weighted by atomic mass is 10.2. The summed E-state index contributed by atoms with van der Waals surface area (Å²) in [7, 11) is 0. The summed E-state index contributed by atoms with van der Waals surface area (Å²) in [5.41, 5.74) is 0.0524. The first-order valence-corrected chi connectivity index (χ1v) is 6.15. The summed E-state index contributed by atoms with van der Waals surface area (Å²) >= 11 is 0. The number of pyridine rings is 1. The van der Waals surface area contributed by atoms with Crippen LogP contribution in [0.15, 0.2) is 48.7 Å². The maximum atomic E-state index is 13.5. The Morgan fingerprint density at radius 2 is 1.81 bits per heavy atom. The second-order valence-corrected chi connectivity index (χ2v) is 4.35. The first kappa shape index (κ1) is 13.2. The number of fused-ring (bicyclic) bond motifs is 1. The third kappa shape index (κ3) is 2.45. The number of aldehydes is 1. The molecule has 0 atom stereocenters. The van der Waals surface area contributed by atoms with Crippen molar-refractivity contribution in [2.24, 2.45) is 0 Å². The highest BCUT2D eigenvalue weighted by molar-refractivity contribution is 5.81. The van der Waals surface area contributed by atoms with Crippen molar-refractivity contribution < 1.29 is 18.3 Å². The molecule has 1 heterocycles. The quantitative estimate of drug-likeness (QED) is 0.679. The van der Waals surface area contributed by atoms with Gasteiger partial charge in [0.1, 0.15) is 28.7 Å². The molecule has 0 saturated heterocycles. The van der Waals surface area contributed by atoms with Crippen LogP contribution in [0, 0.1) is 11.6 Å². The van der Waals surface area contributed by atoms with E-state index >= 15 is 0 Å². The van der Waals surface area contributed by atoms with Crippen LogP contribution in [0.4, 0.5) is 8.78 Å². The van der Waals surface area contributed by atoms with Crippen LogP contribution in [0.25, 0.3) is 10.9 Å². The van der Waals surface area contributed by atoms with Crippen LogP contribution >= 0.6 is 0 Å². The highest BCUT2D eigenvalue weighted by atomic mass is 19.1. The van der Waals surface area contributed by atoms with E-state index in [0.29, 0.717) is 17.4 Å². The van der Waals surface area contributed by atoms with E-state index in [1.807, 2.05) is 0 Å². The fourth-order valence-electron chi connectivity index (χ4n) is 2.01. The summed E-state index contributed by atoms with van der Waals surface area (Å²) in [5, 5.41) is 0.552. The van der Waals surface area contributed by atoms with E-state index in [1.165, 1.54) is 30.5 Å². The SMILES string of the molecule is O=Cc1c(F)cccc1Oc1cnc2c(F)cccc2c1. The van der Waals surface area contributed by atoms with E-state index in [1.54, 1.807) is 18.2 Å². The number of aromatic nitrogens is 1. The number of rotatable bonds is 3. The van der Waals surface area contributed by atoms with Gasteiger partial charge in [-0.2, -0.15) is 0 Å². The minimum Gasteiger partial charge on any atom is -0.455 e. The second kappa shape index (κ2) is 5.28. The smallest absolute Gasteiger partial charge is 0.156 e. The van der Waals surface area contributed by atoms with E-state index in [-0.39, 0.29) is 16.8 Å². The van der Waals surface area contributed by atoms with Crippen molar-refractivity contribution in [2.45, 2.75) is 0 Å². The molecule has 0 unspecified atom stereocenters. The fourth-order valence-corrected chi connectivity index (χ4v) is 2.01. The molecule has 0 N–H and O–H groups in total. The van der Waals surface area contributed by atoms with Crippen LogP contribution in [-0.2, 0) is 0 Å². The number of para-hydroxylation sites is 1. The zero-order valence-electron chi connectivity index (χ0n) is 10.7. The molecule has 2 aromatic carbocycles. The van der Waals surface area contributed by atoms with E-state index in [2.05, 4.69) is 4.98 Å². The number of halogens is 2. The lowest BCUT2D eigenvalue weighted by Gasteiger charge is -2.09. The topological polar surface area (TPSA) is 39.2 Å². The standard InChI is InChI=1S/C16H9F2NO2/c17-13-4-2-6-15(12(13)9-20)21-11-7-10-3-1-5-14(18)16(10)19-8-11/h1-9H. The third-order valence-corrected chi connectivity index (χ3v) is 3.00. The van der Waals surface area contributed by atoms with Crippen molar-refractivity contribution in [1.82, 2.24) is 4.98 Å². The molecule has 0 fully saturated rings. The molecular weight excluding hydrogens is 276 g/mol. The lowest BCUT2D eigenvalue weighted by Crippen LogP contribution is -1.95. The molecule has 0 amide bonds. The van der Waals surface area contributed by atoms with Crippen LogP contribution in [-0.4, -0.2) is 11.3 Å². The number of carbonyl (C=O) groups excluding carboxylic acids is 1. The normalized spacial score (nSPS) is 10.6. The summed E-state index contributed by atoms with van der Waals surface area (Å²) in [6, 6.07) is 10.2. The molecule has 1 aromatic heterocycles. The Balaban J connectivity index is 2.03. The average Bonchev–Trinajstić information content (AvgIpc) is 2.48. The maximum Gasteiger partial charge on any atom is 0.156 e. The van der Waals surface area contributed by atoms with Crippen LogP contribution in [0.3, 0.4) is 0 Å². The number of ether oxygens (including phenoxy) is 1. The Morgan fingerprint density at radius 1 is 1.05 bits per heavy atom. The van der Waals surface area contributed by atoms with Gasteiger partial charge in [-0.15, -0.1) is 0 Å². The Bertz CT molecular complexity index is 834. The van der Waals surface area contributed by atoms with Crippen molar-refractivity contribution in [3.05, 3.63) is 65.9 Å². The fraction of sp³-hybridized carbons (Fsp3) is 0. The maximum absolute atomic E-state index is 13.5. The number of carbonyl (C=O) groups is 1. The molecule has 104 valence electrons. The minimum absolute atomic E-state index is 0.0857. The van der Waals surface area contributed by atoms with Crippen LogP contribution < -0.4 is 4.74 Å². The van der Waals surface area contributed by atoms with Gasteiger partial charge in [-0.3, -0.25) is 4.79 Å². The van der Waals surface area contributed by atoms with Gasteiger partial charge in [0.15, 0.2) is 6.29 Å². The Labute approximate surface area is 118 Å². The van der Waals surface area contributed by atoms with Gasteiger partial charge in [-0.05, 0) is 24.3 Å². The molecule has 3 rings (SSSR count). The van der Waals surface area contributed by atoms with Crippen molar-refractivity contribution in [1.29, 1.82) is 0 Å². The molecule has 3 nitrogen and oxygen atoms in total. The molecule has 21 heavy (non-hydrogen) atoms. The van der Waals surface area contributed by atoms with E-state index in [9.17, 15) is 13.6 Å². The molecule has 0 spiro atoms. The second-order valence-electron chi connectivity index (χ2n) is 4.35. The van der Waals surface area contributed by atoms with Crippen LogP contribution in [0.5, 0.6) is 11.5 Å². The molecule has 0 bridgehead atoms. The first-order valence-electron chi connectivity index (χ1n) is 6.15. The summed E-state index contributed by atoms with van der Waals surface area (Å²) < 4.78 is 32.5. The van der Waals surface area contributed by atoms with Gasteiger partial charge < -0.3 is 4.74 Å². The first-order chi connectivity index (χ1) is 10.2. The van der Waals surface area contributed by atoms with Gasteiger partial charge in [0.25, 0.3) is 0 Å². The predicted molar refractivity (Wildman–Crippen MR) is 73.6 cm³/mol. The largest absolute Gasteiger partial charge is 0.455 e. The number of hydrogen-bond acceptors (Lipinski definition) is 3. The molecule has 0 aliphatic rings. The summed E-state index contributed by atoms with van der Waals surface area (Å²) in [6.07, 6.45) is 1.71. The molecule has 5 heteroatoms. The van der Waals surface area contributed by atoms with Gasteiger partial charge >= 0.3 is 0 Å². The Kier molecular flexibility index (Phi) is 3.31. The summed E-state index contributed by atoms with van der Waals surface area (Å²) in [4.78, 5) is 14.9. The van der Waals surface area contributed by atoms with Gasteiger partial charge in [0.2, 0.25) is 0 Å². The zero-order chi connectivity index (χ0) is 14.8. The van der Waals surface area contributed by atoms with Crippen molar-refractivity contribution in [3.8, 4) is 11.5 Å². The molecule has 3 aromatic rings. The monoisotopic (exact) mass is 285 g/mol. The third-order valence-electron chi connectivity index (χ3n) is 3.00. The van der Waals surface area contributed by atoms with Crippen molar-refractivity contribution in [2.75, 3.05) is 0 Å². The molecule has 0 aliphatic heterocycles. The molecule has 0 saturated carbocycles. The number of benzene rings is 2. The summed E-state index contributed by atoms with van der Waals surface area (Å²) in [6.45, 7) is 0. The van der Waals surface area contributed by atoms with Crippen LogP contribution in [0.2, 0.25) is 0 Å². The highest BCUT2D eigenvalue weighted by Gasteiger charge is 2.10. The zero-order valence-corrected chi connectivity index (χ0v) is 10.7. The lowest BCUT2D eigenvalue weighted by molar-refractivity contribution is 0.111. The van der Waals surface area contributed by atoms with E-state index in [0.717, 1.165) is 0 Å². The Hall–Kier alpha value is -2.82. The minimum atomic E-state index is -0.665. The van der Waals surface area contributed by atoms with Gasteiger partial charge in [0, 0.05) is 5.39 Å². The van der Waals surface area contributed by atoms with E-state index in [4.69, 9.17) is 4.74 Å². The van der Waals surface area contributed by atoms with Crippen molar-refractivity contribution in [3.63, 3.8) is 0 Å². The van der Waals surface area contributed by atoms with Gasteiger partial charge in [0.05, 0.1) is 11.8 Å². The highest BCUT2D eigenvalue weighted by Crippen LogP contribution is 2.28. The molecule has 0 aliphatic carbocycles. The average molecular weight is 285 g/mol. The summed E-state index contributed by atoms with van der Waals surface area (Å²) in [5.74, 6) is -0.718. The van der Waals surface area contributed by atoms with E-state index < -0.39 is 11.6 Å². The van der Waals surface area contributed by atoms with Gasteiger partial charge in [-0.25, -0.2) is 13.8 Å². The van der Waals surface area contributed by atoms with Gasteiger partial charge in [-0.1, -0.05) is 18.2 Å². The van der Waals surface area contributed by atoms with Crippen molar-refractivity contribution >= 4 is 17.2 Å². The van der Waals surface area contributed by atoms with Crippen LogP contribution in [0.1, 0.15) is 10.4 Å². The number of nitrogens with zero attached hydrogens (tertiary/aromatic N) is 1. The Morgan fingerprint density at radius 3 is 2.62 bits per heavy atom.